The zero-order valence-electron chi connectivity index (χ0n) is 19.0. The van der Waals surface area contributed by atoms with Gasteiger partial charge < -0.3 is 15.2 Å². The van der Waals surface area contributed by atoms with Gasteiger partial charge in [0.25, 0.3) is 5.91 Å². The average molecular weight is 453 g/mol. The van der Waals surface area contributed by atoms with Crippen LogP contribution in [-0.4, -0.2) is 44.5 Å². The maximum Gasteiger partial charge on any atom is 0.251 e. The number of hydrogen-bond acceptors (Lipinski definition) is 5. The number of carbonyl (C=O) groups excluding carboxylic acids is 1. The minimum atomic E-state index is -0.0533. The average Bonchev–Trinajstić information content (AvgIpc) is 3.42. The number of likely N-dealkylation sites (tertiary alicyclic amines) is 1. The fourth-order valence-corrected chi connectivity index (χ4v) is 4.26. The van der Waals surface area contributed by atoms with Crippen LogP contribution in [0.4, 0.5) is 11.5 Å². The molecule has 2 aromatic carbocycles. The molecule has 2 N–H and O–H groups in total. The fraction of sp³-hybridized carbons (Fsp3) is 0.222. The summed E-state index contributed by atoms with van der Waals surface area (Å²) in [4.78, 5) is 23.8. The van der Waals surface area contributed by atoms with E-state index in [4.69, 9.17) is 0 Å². The van der Waals surface area contributed by atoms with Gasteiger partial charge in [-0.2, -0.15) is 0 Å². The Balaban J connectivity index is 1.14. The van der Waals surface area contributed by atoms with E-state index in [1.807, 2.05) is 41.1 Å². The Labute approximate surface area is 199 Å². The number of pyridine rings is 1. The predicted octanol–water partition coefficient (Wildman–Crippen LogP) is 4.41. The van der Waals surface area contributed by atoms with Crippen LogP contribution >= 0.6 is 0 Å². The van der Waals surface area contributed by atoms with E-state index in [-0.39, 0.29) is 11.9 Å². The summed E-state index contributed by atoms with van der Waals surface area (Å²) >= 11 is 0. The first-order valence-corrected chi connectivity index (χ1v) is 11.6. The molecule has 0 radical (unpaired) electrons. The normalized spacial score (nSPS) is 14.6. The van der Waals surface area contributed by atoms with Crippen molar-refractivity contribution in [2.75, 3.05) is 18.4 Å². The van der Waals surface area contributed by atoms with Crippen LogP contribution < -0.4 is 10.6 Å². The van der Waals surface area contributed by atoms with Crippen LogP contribution in [0.5, 0.6) is 0 Å². The lowest BCUT2D eigenvalue weighted by molar-refractivity contribution is 0.0909. The molecule has 2 aromatic heterocycles. The number of aromatic nitrogens is 3. The van der Waals surface area contributed by atoms with E-state index in [2.05, 4.69) is 49.8 Å². The molecular formula is C27H28N6O. The molecule has 34 heavy (non-hydrogen) atoms. The third-order valence-corrected chi connectivity index (χ3v) is 6.14. The highest BCUT2D eigenvalue weighted by Gasteiger charge is 2.21. The van der Waals surface area contributed by atoms with Gasteiger partial charge in [-0.1, -0.05) is 30.3 Å². The summed E-state index contributed by atoms with van der Waals surface area (Å²) in [7, 11) is 0. The highest BCUT2D eigenvalue weighted by molar-refractivity contribution is 5.95. The van der Waals surface area contributed by atoms with Crippen LogP contribution in [0.1, 0.15) is 28.8 Å². The Morgan fingerprint density at radius 1 is 0.971 bits per heavy atom. The Hall–Kier alpha value is -3.97. The number of anilines is 2. The first-order chi connectivity index (χ1) is 16.7. The van der Waals surface area contributed by atoms with E-state index in [1.165, 1.54) is 5.56 Å². The summed E-state index contributed by atoms with van der Waals surface area (Å²) in [6.45, 7) is 2.93. The zero-order valence-corrected chi connectivity index (χ0v) is 19.0. The second kappa shape index (κ2) is 10.3. The lowest BCUT2D eigenvalue weighted by Gasteiger charge is -2.32. The molecule has 1 aliphatic heterocycles. The van der Waals surface area contributed by atoms with Crippen molar-refractivity contribution in [1.29, 1.82) is 0 Å². The molecule has 1 aliphatic rings. The summed E-state index contributed by atoms with van der Waals surface area (Å²) in [6.07, 6.45) is 8.99. The van der Waals surface area contributed by atoms with E-state index >= 15 is 0 Å². The summed E-state index contributed by atoms with van der Waals surface area (Å²) in [5.74, 6) is 0.586. The van der Waals surface area contributed by atoms with Crippen LogP contribution in [-0.2, 0) is 6.54 Å². The van der Waals surface area contributed by atoms with Crippen molar-refractivity contribution in [3.8, 4) is 5.69 Å². The van der Waals surface area contributed by atoms with Gasteiger partial charge in [0.15, 0.2) is 0 Å². The maximum atomic E-state index is 12.9. The molecule has 1 saturated heterocycles. The van der Waals surface area contributed by atoms with Gasteiger partial charge in [0.2, 0.25) is 0 Å². The van der Waals surface area contributed by atoms with E-state index in [9.17, 15) is 4.79 Å². The molecule has 0 aliphatic carbocycles. The second-order valence-corrected chi connectivity index (χ2v) is 8.58. The van der Waals surface area contributed by atoms with Crippen molar-refractivity contribution in [2.45, 2.75) is 25.4 Å². The van der Waals surface area contributed by atoms with E-state index in [0.717, 1.165) is 43.9 Å². The first kappa shape index (κ1) is 21.9. The molecule has 0 spiro atoms. The minimum absolute atomic E-state index is 0.0533. The topological polar surface area (TPSA) is 75.1 Å². The van der Waals surface area contributed by atoms with Crippen molar-refractivity contribution in [1.82, 2.24) is 24.8 Å². The molecule has 7 nitrogen and oxygen atoms in total. The minimum Gasteiger partial charge on any atom is -0.349 e. The smallest absolute Gasteiger partial charge is 0.251 e. The van der Waals surface area contributed by atoms with Gasteiger partial charge in [0, 0.05) is 61.2 Å². The number of imidazole rings is 1. The van der Waals surface area contributed by atoms with Crippen LogP contribution in [0.25, 0.3) is 5.69 Å². The van der Waals surface area contributed by atoms with Crippen LogP contribution in [0.2, 0.25) is 0 Å². The number of amides is 1. The molecule has 4 aromatic rings. The molecular weight excluding hydrogens is 424 g/mol. The molecule has 7 heteroatoms. The molecule has 0 unspecified atom stereocenters. The van der Waals surface area contributed by atoms with Gasteiger partial charge in [-0.15, -0.1) is 0 Å². The molecule has 0 bridgehead atoms. The van der Waals surface area contributed by atoms with E-state index in [1.54, 1.807) is 30.9 Å². The third-order valence-electron chi connectivity index (χ3n) is 6.14. The summed E-state index contributed by atoms with van der Waals surface area (Å²) < 4.78 is 1.94. The van der Waals surface area contributed by atoms with Crippen molar-refractivity contribution < 1.29 is 4.79 Å². The predicted molar refractivity (Wildman–Crippen MR) is 133 cm³/mol. The van der Waals surface area contributed by atoms with Crippen molar-refractivity contribution in [3.05, 3.63) is 103 Å². The molecule has 0 saturated carbocycles. The number of nitrogens with zero attached hydrogens (tertiary/aromatic N) is 4. The molecule has 172 valence electrons. The van der Waals surface area contributed by atoms with Gasteiger partial charge in [0.1, 0.15) is 5.82 Å². The van der Waals surface area contributed by atoms with Crippen LogP contribution in [0.15, 0.2) is 91.6 Å². The molecule has 1 fully saturated rings. The molecule has 5 rings (SSSR count). The van der Waals surface area contributed by atoms with Crippen LogP contribution in [0.3, 0.4) is 0 Å². The third kappa shape index (κ3) is 5.50. The van der Waals surface area contributed by atoms with Gasteiger partial charge >= 0.3 is 0 Å². The maximum absolute atomic E-state index is 12.9. The van der Waals surface area contributed by atoms with Crippen LogP contribution in [0, 0.1) is 0 Å². The van der Waals surface area contributed by atoms with Gasteiger partial charge in [-0.3, -0.25) is 9.69 Å². The first-order valence-electron chi connectivity index (χ1n) is 11.6. The lowest BCUT2D eigenvalue weighted by atomic mass is 10.0. The number of hydrogen-bond donors (Lipinski definition) is 2. The second-order valence-electron chi connectivity index (χ2n) is 8.58. The molecule has 0 atom stereocenters. The van der Waals surface area contributed by atoms with Crippen molar-refractivity contribution in [2.24, 2.45) is 0 Å². The van der Waals surface area contributed by atoms with Gasteiger partial charge in [-0.25, -0.2) is 9.97 Å². The summed E-state index contributed by atoms with van der Waals surface area (Å²) in [6, 6.07) is 22.2. The SMILES string of the molecule is O=C(NC1CCN(Cc2ccccc2)CC1)c1ccnc(Nc2ccc(-n3ccnc3)cc2)c1. The van der Waals surface area contributed by atoms with Gasteiger partial charge in [0.05, 0.1) is 6.33 Å². The standard InChI is InChI=1S/C27H28N6O/c34-27(31-24-11-15-32(16-12-24)19-21-4-2-1-3-5-21)22-10-13-29-26(18-22)30-23-6-8-25(9-7-23)33-17-14-28-20-33/h1-10,13-14,17-18,20,24H,11-12,15-16,19H2,(H,29,30)(H,31,34). The summed E-state index contributed by atoms with van der Waals surface area (Å²) in [5.41, 5.74) is 3.87. The van der Waals surface area contributed by atoms with Crippen molar-refractivity contribution in [3.63, 3.8) is 0 Å². The van der Waals surface area contributed by atoms with E-state index in [0.29, 0.717) is 11.4 Å². The Kier molecular flexibility index (Phi) is 6.63. The zero-order chi connectivity index (χ0) is 23.2. The largest absolute Gasteiger partial charge is 0.349 e. The fourth-order valence-electron chi connectivity index (χ4n) is 4.26. The highest BCUT2D eigenvalue weighted by atomic mass is 16.1. The molecule has 1 amide bonds. The number of piperidine rings is 1. The quantitative estimate of drug-likeness (QED) is 0.435. The number of benzene rings is 2. The van der Waals surface area contributed by atoms with Crippen molar-refractivity contribution >= 4 is 17.4 Å². The number of rotatable bonds is 7. The van der Waals surface area contributed by atoms with E-state index < -0.39 is 0 Å². The Morgan fingerprint density at radius 3 is 2.50 bits per heavy atom. The highest BCUT2D eigenvalue weighted by Crippen LogP contribution is 2.19. The Morgan fingerprint density at radius 2 is 1.76 bits per heavy atom. The molecule has 3 heterocycles. The lowest BCUT2D eigenvalue weighted by Crippen LogP contribution is -2.44. The Bertz CT molecular complexity index is 1200. The summed E-state index contributed by atoms with van der Waals surface area (Å²) in [5, 5.41) is 6.49. The van der Waals surface area contributed by atoms with Gasteiger partial charge in [-0.05, 0) is 54.8 Å². The number of carbonyl (C=O) groups is 1. The monoisotopic (exact) mass is 452 g/mol. The number of nitrogens with one attached hydrogen (secondary N) is 2.